The maximum absolute atomic E-state index is 5.37. The van der Waals surface area contributed by atoms with Gasteiger partial charge in [0.05, 0.1) is 6.61 Å². The van der Waals surface area contributed by atoms with Gasteiger partial charge in [0.1, 0.15) is 0 Å². The van der Waals surface area contributed by atoms with Crippen LogP contribution in [0.25, 0.3) is 0 Å². The molecule has 0 bridgehead atoms. The third-order valence-corrected chi connectivity index (χ3v) is 0.985. The van der Waals surface area contributed by atoms with Crippen LogP contribution in [0, 0.1) is 0 Å². The van der Waals surface area contributed by atoms with Gasteiger partial charge in [0.25, 0.3) is 0 Å². The first-order chi connectivity index (χ1) is 4.31. The summed E-state index contributed by atoms with van der Waals surface area (Å²) >= 11 is 5.37. The van der Waals surface area contributed by atoms with E-state index in [-0.39, 0.29) is 6.29 Å². The van der Waals surface area contributed by atoms with Gasteiger partial charge in [0.15, 0.2) is 6.29 Å². The number of halogens is 1. The Morgan fingerprint density at radius 2 is 2.11 bits per heavy atom. The van der Waals surface area contributed by atoms with Crippen molar-refractivity contribution in [3.63, 3.8) is 0 Å². The standard InChI is InChI=1S/C6H13ClO2/c1-3-8-6(2)9-5-4-7/h6H,3-5H2,1-2H3/t6-/m0/s1. The van der Waals surface area contributed by atoms with E-state index in [1.54, 1.807) is 0 Å². The van der Waals surface area contributed by atoms with Crippen LogP contribution in [0.5, 0.6) is 0 Å². The SMILES string of the molecule is CCO[C@H](C)OCCCl. The van der Waals surface area contributed by atoms with Gasteiger partial charge in [-0.3, -0.25) is 0 Å². The molecule has 0 rings (SSSR count). The van der Waals surface area contributed by atoms with Gasteiger partial charge in [-0.25, -0.2) is 0 Å². The highest BCUT2D eigenvalue weighted by Gasteiger charge is 1.96. The van der Waals surface area contributed by atoms with E-state index >= 15 is 0 Å². The highest BCUT2D eigenvalue weighted by molar-refractivity contribution is 6.17. The zero-order chi connectivity index (χ0) is 7.11. The molecule has 0 spiro atoms. The molecule has 0 saturated heterocycles. The van der Waals surface area contributed by atoms with Crippen LogP contribution in [-0.2, 0) is 9.47 Å². The van der Waals surface area contributed by atoms with Crippen LogP contribution in [0.1, 0.15) is 13.8 Å². The lowest BCUT2D eigenvalue weighted by molar-refractivity contribution is -0.122. The summed E-state index contributed by atoms with van der Waals surface area (Å²) in [5, 5.41) is 0. The van der Waals surface area contributed by atoms with Crippen LogP contribution in [0.3, 0.4) is 0 Å². The molecule has 0 aromatic carbocycles. The number of ether oxygens (including phenoxy) is 2. The Hall–Kier alpha value is 0.210. The minimum atomic E-state index is -0.117. The molecule has 3 heteroatoms. The van der Waals surface area contributed by atoms with Gasteiger partial charge in [-0.1, -0.05) is 0 Å². The third kappa shape index (κ3) is 6.09. The summed E-state index contributed by atoms with van der Waals surface area (Å²) in [6, 6.07) is 0. The Morgan fingerprint density at radius 1 is 1.44 bits per heavy atom. The van der Waals surface area contributed by atoms with E-state index in [1.165, 1.54) is 0 Å². The molecule has 0 aliphatic carbocycles. The predicted octanol–water partition coefficient (Wildman–Crippen LogP) is 1.62. The number of hydrogen-bond acceptors (Lipinski definition) is 2. The Labute approximate surface area is 61.1 Å². The van der Waals surface area contributed by atoms with Crippen LogP contribution in [0.2, 0.25) is 0 Å². The first kappa shape index (κ1) is 9.21. The summed E-state index contributed by atoms with van der Waals surface area (Å²) in [6.07, 6.45) is -0.117. The van der Waals surface area contributed by atoms with E-state index in [0.717, 1.165) is 0 Å². The normalized spacial score (nSPS) is 13.7. The van der Waals surface area contributed by atoms with Crippen LogP contribution in [-0.4, -0.2) is 25.4 Å². The molecule has 0 aromatic rings. The average Bonchev–Trinajstić information content (AvgIpc) is 1.85. The van der Waals surface area contributed by atoms with E-state index in [1.807, 2.05) is 13.8 Å². The van der Waals surface area contributed by atoms with Gasteiger partial charge in [0, 0.05) is 12.5 Å². The summed E-state index contributed by atoms with van der Waals surface area (Å²) < 4.78 is 10.1. The molecule has 0 unspecified atom stereocenters. The molecular weight excluding hydrogens is 140 g/mol. The van der Waals surface area contributed by atoms with Crippen molar-refractivity contribution in [3.05, 3.63) is 0 Å². The summed E-state index contributed by atoms with van der Waals surface area (Å²) in [6.45, 7) is 5.03. The molecule has 0 amide bonds. The fourth-order valence-electron chi connectivity index (χ4n) is 0.493. The van der Waals surface area contributed by atoms with Crippen molar-refractivity contribution < 1.29 is 9.47 Å². The first-order valence-electron chi connectivity index (χ1n) is 3.10. The van der Waals surface area contributed by atoms with Crippen molar-refractivity contribution in [2.24, 2.45) is 0 Å². The van der Waals surface area contributed by atoms with Crippen molar-refractivity contribution in [1.82, 2.24) is 0 Å². The minimum absolute atomic E-state index is 0.117. The zero-order valence-electron chi connectivity index (χ0n) is 5.89. The molecule has 0 aliphatic rings. The van der Waals surface area contributed by atoms with Gasteiger partial charge < -0.3 is 9.47 Å². The Kier molecular flexibility index (Phi) is 6.48. The minimum Gasteiger partial charge on any atom is -0.353 e. The summed E-state index contributed by atoms with van der Waals surface area (Å²) in [5.74, 6) is 0.525. The van der Waals surface area contributed by atoms with Crippen molar-refractivity contribution in [2.45, 2.75) is 20.1 Å². The molecule has 0 heterocycles. The second-order valence-electron chi connectivity index (χ2n) is 1.58. The monoisotopic (exact) mass is 152 g/mol. The molecule has 2 nitrogen and oxygen atoms in total. The first-order valence-corrected chi connectivity index (χ1v) is 3.63. The molecule has 1 atom stereocenters. The maximum atomic E-state index is 5.37. The summed E-state index contributed by atoms with van der Waals surface area (Å²) in [4.78, 5) is 0. The quantitative estimate of drug-likeness (QED) is 0.440. The Morgan fingerprint density at radius 3 is 2.56 bits per heavy atom. The Bertz CT molecular complexity index is 59.0. The zero-order valence-corrected chi connectivity index (χ0v) is 6.65. The second kappa shape index (κ2) is 6.33. The van der Waals surface area contributed by atoms with E-state index in [4.69, 9.17) is 21.1 Å². The van der Waals surface area contributed by atoms with Gasteiger partial charge in [-0.2, -0.15) is 0 Å². The van der Waals surface area contributed by atoms with Crippen LogP contribution in [0.4, 0.5) is 0 Å². The summed E-state index contributed by atoms with van der Waals surface area (Å²) in [7, 11) is 0. The van der Waals surface area contributed by atoms with Crippen molar-refractivity contribution >= 4 is 11.6 Å². The van der Waals surface area contributed by atoms with Crippen molar-refractivity contribution in [2.75, 3.05) is 19.1 Å². The molecule has 0 radical (unpaired) electrons. The lowest BCUT2D eigenvalue weighted by Crippen LogP contribution is -2.13. The molecular formula is C6H13ClO2. The topological polar surface area (TPSA) is 18.5 Å². The molecule has 56 valence electrons. The molecule has 9 heavy (non-hydrogen) atoms. The third-order valence-electron chi connectivity index (χ3n) is 0.831. The fourth-order valence-corrected chi connectivity index (χ4v) is 0.582. The second-order valence-corrected chi connectivity index (χ2v) is 1.96. The molecule has 0 N–H and O–H groups in total. The molecule has 0 saturated carbocycles. The van der Waals surface area contributed by atoms with E-state index < -0.39 is 0 Å². The van der Waals surface area contributed by atoms with E-state index in [9.17, 15) is 0 Å². The van der Waals surface area contributed by atoms with Gasteiger partial charge in [-0.15, -0.1) is 11.6 Å². The number of hydrogen-bond donors (Lipinski definition) is 0. The van der Waals surface area contributed by atoms with Gasteiger partial charge in [0.2, 0.25) is 0 Å². The highest BCUT2D eigenvalue weighted by atomic mass is 35.5. The van der Waals surface area contributed by atoms with Crippen LogP contribution < -0.4 is 0 Å². The molecule has 0 fully saturated rings. The smallest absolute Gasteiger partial charge is 0.154 e. The molecule has 0 aliphatic heterocycles. The van der Waals surface area contributed by atoms with E-state index in [0.29, 0.717) is 19.1 Å². The molecule has 0 aromatic heterocycles. The predicted molar refractivity (Wildman–Crippen MR) is 37.8 cm³/mol. The fraction of sp³-hybridized carbons (Fsp3) is 1.00. The highest BCUT2D eigenvalue weighted by Crippen LogP contribution is 1.92. The maximum Gasteiger partial charge on any atom is 0.154 e. The lowest BCUT2D eigenvalue weighted by atomic mass is 10.7. The number of rotatable bonds is 5. The van der Waals surface area contributed by atoms with Crippen LogP contribution >= 0.6 is 11.6 Å². The van der Waals surface area contributed by atoms with Crippen molar-refractivity contribution in [1.29, 1.82) is 0 Å². The summed E-state index contributed by atoms with van der Waals surface area (Å²) in [5.41, 5.74) is 0. The van der Waals surface area contributed by atoms with E-state index in [2.05, 4.69) is 0 Å². The lowest BCUT2D eigenvalue weighted by Gasteiger charge is -2.10. The van der Waals surface area contributed by atoms with Crippen LogP contribution in [0.15, 0.2) is 0 Å². The number of alkyl halides is 1. The Balaban J connectivity index is 2.95. The van der Waals surface area contributed by atoms with Gasteiger partial charge in [-0.05, 0) is 13.8 Å². The van der Waals surface area contributed by atoms with Crippen molar-refractivity contribution in [3.8, 4) is 0 Å². The largest absolute Gasteiger partial charge is 0.353 e. The van der Waals surface area contributed by atoms with Gasteiger partial charge >= 0.3 is 0 Å². The average molecular weight is 153 g/mol.